The first-order valence-corrected chi connectivity index (χ1v) is 7.73. The highest BCUT2D eigenvalue weighted by atomic mass is 35.5. The predicted molar refractivity (Wildman–Crippen MR) is 102 cm³/mol. The van der Waals surface area contributed by atoms with Crippen LogP contribution < -0.4 is 11.1 Å². The second-order valence-corrected chi connectivity index (χ2v) is 5.97. The molecule has 2 aromatic rings. The number of nitrogens with zero attached hydrogens (tertiary/aromatic N) is 2. The number of pyridine rings is 1. The second kappa shape index (κ2) is 9.03. The first kappa shape index (κ1) is 20.4. The zero-order valence-corrected chi connectivity index (χ0v) is 15.3. The Labute approximate surface area is 153 Å². The maximum Gasteiger partial charge on any atom is 0.255 e. The van der Waals surface area contributed by atoms with E-state index in [1.807, 2.05) is 26.0 Å². The standard InChI is InChI=1S/C18H22N4O2.ClH/c1-12(2)18(24)22(3)11-13-4-6-14(7-5-13)17(23)21-15-8-9-16(19)20-10-15;/h4-10,12H,11H2,1-3H3,(H2,19,20)(H,21,23);1H. The van der Waals surface area contributed by atoms with Gasteiger partial charge in [0, 0.05) is 25.1 Å². The normalized spacial score (nSPS) is 10.1. The summed E-state index contributed by atoms with van der Waals surface area (Å²) in [6.45, 7) is 4.26. The van der Waals surface area contributed by atoms with Crippen LogP contribution in [0.3, 0.4) is 0 Å². The lowest BCUT2D eigenvalue weighted by molar-refractivity contribution is -0.133. The Morgan fingerprint density at radius 1 is 1.16 bits per heavy atom. The summed E-state index contributed by atoms with van der Waals surface area (Å²) in [5, 5.41) is 2.76. The van der Waals surface area contributed by atoms with Crippen molar-refractivity contribution in [2.75, 3.05) is 18.1 Å². The Kier molecular flexibility index (Phi) is 7.39. The molecule has 7 heteroatoms. The van der Waals surface area contributed by atoms with Crippen molar-refractivity contribution < 1.29 is 9.59 Å². The van der Waals surface area contributed by atoms with Crippen LogP contribution in [0.2, 0.25) is 0 Å². The molecule has 0 spiro atoms. The lowest BCUT2D eigenvalue weighted by atomic mass is 10.1. The summed E-state index contributed by atoms with van der Waals surface area (Å²) in [5.41, 5.74) is 7.60. The Morgan fingerprint density at radius 3 is 2.32 bits per heavy atom. The SMILES string of the molecule is CC(C)C(=O)N(C)Cc1ccc(C(=O)Nc2ccc(N)nc2)cc1.Cl. The van der Waals surface area contributed by atoms with Crippen LogP contribution in [0.5, 0.6) is 0 Å². The quantitative estimate of drug-likeness (QED) is 0.855. The molecule has 25 heavy (non-hydrogen) atoms. The molecule has 0 radical (unpaired) electrons. The molecule has 0 aliphatic rings. The summed E-state index contributed by atoms with van der Waals surface area (Å²) in [5.74, 6) is 0.235. The molecule has 0 saturated carbocycles. The van der Waals surface area contributed by atoms with Crippen molar-refractivity contribution in [3.63, 3.8) is 0 Å². The van der Waals surface area contributed by atoms with Gasteiger partial charge in [-0.2, -0.15) is 0 Å². The minimum absolute atomic E-state index is 0. The molecule has 0 aliphatic heterocycles. The molecular formula is C18H23ClN4O2. The van der Waals surface area contributed by atoms with Crippen molar-refractivity contribution in [3.8, 4) is 0 Å². The van der Waals surface area contributed by atoms with Gasteiger partial charge in [-0.1, -0.05) is 26.0 Å². The van der Waals surface area contributed by atoms with E-state index in [2.05, 4.69) is 10.3 Å². The third-order valence-corrected chi connectivity index (χ3v) is 3.55. The van der Waals surface area contributed by atoms with Gasteiger partial charge in [0.25, 0.3) is 5.91 Å². The maximum atomic E-state index is 12.2. The van der Waals surface area contributed by atoms with Gasteiger partial charge in [0.1, 0.15) is 5.82 Å². The summed E-state index contributed by atoms with van der Waals surface area (Å²) < 4.78 is 0. The molecule has 0 bridgehead atoms. The zero-order valence-electron chi connectivity index (χ0n) is 14.5. The molecule has 0 unspecified atom stereocenters. The highest BCUT2D eigenvalue weighted by Crippen LogP contribution is 2.12. The third kappa shape index (κ3) is 5.76. The van der Waals surface area contributed by atoms with E-state index in [0.29, 0.717) is 23.6 Å². The topological polar surface area (TPSA) is 88.3 Å². The van der Waals surface area contributed by atoms with Crippen molar-refractivity contribution >= 4 is 35.7 Å². The van der Waals surface area contributed by atoms with Gasteiger partial charge < -0.3 is 16.0 Å². The number of amides is 2. The molecule has 0 fully saturated rings. The van der Waals surface area contributed by atoms with Crippen LogP contribution in [0.25, 0.3) is 0 Å². The van der Waals surface area contributed by atoms with Crippen LogP contribution in [0, 0.1) is 5.92 Å². The number of carbonyl (C=O) groups is 2. The number of hydrogen-bond acceptors (Lipinski definition) is 4. The van der Waals surface area contributed by atoms with Gasteiger partial charge in [0.2, 0.25) is 5.91 Å². The molecule has 0 aliphatic carbocycles. The van der Waals surface area contributed by atoms with Crippen LogP contribution in [-0.2, 0) is 11.3 Å². The fourth-order valence-electron chi connectivity index (χ4n) is 2.24. The van der Waals surface area contributed by atoms with E-state index in [0.717, 1.165) is 5.56 Å². The van der Waals surface area contributed by atoms with Gasteiger partial charge >= 0.3 is 0 Å². The molecule has 134 valence electrons. The van der Waals surface area contributed by atoms with Crippen molar-refractivity contribution in [3.05, 3.63) is 53.7 Å². The van der Waals surface area contributed by atoms with Crippen LogP contribution >= 0.6 is 12.4 Å². The number of anilines is 2. The van der Waals surface area contributed by atoms with Crippen molar-refractivity contribution in [2.45, 2.75) is 20.4 Å². The van der Waals surface area contributed by atoms with E-state index in [1.54, 1.807) is 36.2 Å². The van der Waals surface area contributed by atoms with E-state index in [4.69, 9.17) is 5.73 Å². The molecule has 0 atom stereocenters. The molecule has 2 amide bonds. The monoisotopic (exact) mass is 362 g/mol. The van der Waals surface area contributed by atoms with Crippen molar-refractivity contribution in [1.82, 2.24) is 9.88 Å². The van der Waals surface area contributed by atoms with Crippen LogP contribution in [0.15, 0.2) is 42.6 Å². The molecule has 3 N–H and O–H groups in total. The first-order chi connectivity index (χ1) is 11.4. The fraction of sp³-hybridized carbons (Fsp3) is 0.278. The Morgan fingerprint density at radius 2 is 1.80 bits per heavy atom. The first-order valence-electron chi connectivity index (χ1n) is 7.73. The fourth-order valence-corrected chi connectivity index (χ4v) is 2.24. The number of nitrogen functional groups attached to an aromatic ring is 1. The highest BCUT2D eigenvalue weighted by Gasteiger charge is 2.13. The Bertz CT molecular complexity index is 715. The van der Waals surface area contributed by atoms with Crippen LogP contribution in [0.1, 0.15) is 29.8 Å². The van der Waals surface area contributed by atoms with Crippen LogP contribution in [-0.4, -0.2) is 28.7 Å². The Balaban J connectivity index is 0.00000312. The minimum atomic E-state index is -0.222. The largest absolute Gasteiger partial charge is 0.384 e. The second-order valence-electron chi connectivity index (χ2n) is 5.97. The van der Waals surface area contributed by atoms with Gasteiger partial charge in [0.15, 0.2) is 0 Å². The van der Waals surface area contributed by atoms with Crippen LogP contribution in [0.4, 0.5) is 11.5 Å². The number of carbonyl (C=O) groups excluding carboxylic acids is 2. The summed E-state index contributed by atoms with van der Waals surface area (Å²) in [4.78, 5) is 29.7. The third-order valence-electron chi connectivity index (χ3n) is 3.55. The molecule has 2 rings (SSSR count). The maximum absolute atomic E-state index is 12.2. The molecule has 1 heterocycles. The van der Waals surface area contributed by atoms with E-state index in [1.165, 1.54) is 6.20 Å². The number of halogens is 1. The summed E-state index contributed by atoms with van der Waals surface area (Å²) in [6, 6.07) is 10.5. The number of nitrogens with one attached hydrogen (secondary N) is 1. The summed E-state index contributed by atoms with van der Waals surface area (Å²) in [6.07, 6.45) is 1.51. The highest BCUT2D eigenvalue weighted by molar-refractivity contribution is 6.04. The lowest BCUT2D eigenvalue weighted by Crippen LogP contribution is -2.29. The van der Waals surface area contributed by atoms with E-state index in [9.17, 15) is 9.59 Å². The van der Waals surface area contributed by atoms with E-state index < -0.39 is 0 Å². The average Bonchev–Trinajstić information content (AvgIpc) is 2.56. The van der Waals surface area contributed by atoms with E-state index >= 15 is 0 Å². The molecular weight excluding hydrogens is 340 g/mol. The number of benzene rings is 1. The summed E-state index contributed by atoms with van der Waals surface area (Å²) >= 11 is 0. The molecule has 1 aromatic heterocycles. The van der Waals surface area contributed by atoms with Gasteiger partial charge in [-0.25, -0.2) is 4.98 Å². The summed E-state index contributed by atoms with van der Waals surface area (Å²) in [7, 11) is 1.77. The predicted octanol–water partition coefficient (Wildman–Crippen LogP) is 2.95. The molecule has 6 nitrogen and oxygen atoms in total. The van der Waals surface area contributed by atoms with Gasteiger partial charge in [-0.15, -0.1) is 12.4 Å². The Hall–Kier alpha value is -2.60. The molecule has 0 saturated heterocycles. The lowest BCUT2D eigenvalue weighted by Gasteiger charge is -2.19. The average molecular weight is 363 g/mol. The smallest absolute Gasteiger partial charge is 0.255 e. The van der Waals surface area contributed by atoms with Crippen molar-refractivity contribution in [2.24, 2.45) is 5.92 Å². The zero-order chi connectivity index (χ0) is 17.7. The number of nitrogens with two attached hydrogens (primary N) is 1. The number of rotatable bonds is 5. The molecule has 1 aromatic carbocycles. The van der Waals surface area contributed by atoms with Gasteiger partial charge in [0.05, 0.1) is 11.9 Å². The van der Waals surface area contributed by atoms with Gasteiger partial charge in [-0.3, -0.25) is 9.59 Å². The van der Waals surface area contributed by atoms with E-state index in [-0.39, 0.29) is 30.1 Å². The van der Waals surface area contributed by atoms with Crippen molar-refractivity contribution in [1.29, 1.82) is 0 Å². The minimum Gasteiger partial charge on any atom is -0.384 e. The number of aromatic nitrogens is 1. The number of hydrogen-bond donors (Lipinski definition) is 2. The van der Waals surface area contributed by atoms with Gasteiger partial charge in [-0.05, 0) is 29.8 Å².